The van der Waals surface area contributed by atoms with Gasteiger partial charge in [0.15, 0.2) is 0 Å². The maximum atomic E-state index is 10.1. The Labute approximate surface area is 191 Å². The van der Waals surface area contributed by atoms with E-state index in [1.54, 1.807) is 0 Å². The molecule has 2 aliphatic heterocycles. The van der Waals surface area contributed by atoms with E-state index in [1.807, 2.05) is 4.90 Å². The molecule has 8 nitrogen and oxygen atoms in total. The number of aliphatic hydroxyl groups excluding tert-OH is 4. The Bertz CT molecular complexity index is 686. The molecule has 0 bridgehead atoms. The van der Waals surface area contributed by atoms with Crippen molar-refractivity contribution in [2.24, 2.45) is 0 Å². The molecule has 0 aromatic heterocycles. The number of rotatable bonds is 11. The second-order valence-electron chi connectivity index (χ2n) is 9.23. The highest BCUT2D eigenvalue weighted by Gasteiger charge is 2.40. The van der Waals surface area contributed by atoms with Gasteiger partial charge in [0.1, 0.15) is 12.2 Å². The predicted molar refractivity (Wildman–Crippen MR) is 125 cm³/mol. The number of hydrogen-bond acceptors (Lipinski definition) is 8. The largest absolute Gasteiger partial charge is 0.395 e. The highest BCUT2D eigenvalue weighted by Crippen LogP contribution is 2.20. The van der Waals surface area contributed by atoms with E-state index >= 15 is 0 Å². The van der Waals surface area contributed by atoms with E-state index in [1.165, 1.54) is 16.8 Å². The number of piperidine rings is 1. The number of nitrogens with zero attached hydrogens (tertiary/aromatic N) is 2. The molecule has 0 amide bonds. The van der Waals surface area contributed by atoms with Crippen LogP contribution < -0.4 is 5.32 Å². The third-order valence-corrected chi connectivity index (χ3v) is 6.56. The zero-order valence-corrected chi connectivity index (χ0v) is 19.3. The summed E-state index contributed by atoms with van der Waals surface area (Å²) in [7, 11) is 0. The van der Waals surface area contributed by atoms with E-state index in [2.05, 4.69) is 35.3 Å². The summed E-state index contributed by atoms with van der Waals surface area (Å²) in [5.74, 6) is 0. The third-order valence-electron chi connectivity index (χ3n) is 6.56. The minimum absolute atomic E-state index is 0.223. The van der Waals surface area contributed by atoms with Crippen molar-refractivity contribution in [3.63, 3.8) is 0 Å². The van der Waals surface area contributed by atoms with Crippen LogP contribution in [0.15, 0.2) is 18.2 Å². The van der Waals surface area contributed by atoms with Gasteiger partial charge in [-0.1, -0.05) is 18.9 Å². The van der Waals surface area contributed by atoms with Crippen LogP contribution in [0.3, 0.4) is 0 Å². The molecule has 0 saturated carbocycles. The summed E-state index contributed by atoms with van der Waals surface area (Å²) in [5.41, 5.74) is 3.78. The Kier molecular flexibility index (Phi) is 10.2. The van der Waals surface area contributed by atoms with Crippen LogP contribution in [0.1, 0.15) is 36.8 Å². The smallest absolute Gasteiger partial charge is 0.109 e. The van der Waals surface area contributed by atoms with Crippen molar-refractivity contribution in [2.45, 2.75) is 63.5 Å². The van der Waals surface area contributed by atoms with Crippen LogP contribution in [0.25, 0.3) is 0 Å². The summed E-state index contributed by atoms with van der Waals surface area (Å²) in [5, 5.41) is 42.8. The molecule has 2 saturated heterocycles. The zero-order valence-electron chi connectivity index (χ0n) is 19.3. The van der Waals surface area contributed by atoms with Gasteiger partial charge in [0.05, 0.1) is 32.0 Å². The fraction of sp³-hybridized carbons (Fsp3) is 0.750. The van der Waals surface area contributed by atoms with Crippen molar-refractivity contribution in [1.82, 2.24) is 9.80 Å². The molecule has 4 atom stereocenters. The zero-order chi connectivity index (χ0) is 22.9. The Morgan fingerprint density at radius 3 is 2.50 bits per heavy atom. The molecule has 3 rings (SSSR count). The monoisotopic (exact) mass is 451 g/mol. The molecule has 2 fully saturated rings. The van der Waals surface area contributed by atoms with Crippen LogP contribution in [0.4, 0.5) is 5.69 Å². The normalized spacial score (nSPS) is 27.5. The number of hydrogen-bond donors (Lipinski definition) is 5. The van der Waals surface area contributed by atoms with Gasteiger partial charge in [0.2, 0.25) is 0 Å². The number of unbranched alkanes of at least 4 members (excludes halogenated alkanes) is 3. The van der Waals surface area contributed by atoms with Crippen LogP contribution in [0.5, 0.6) is 0 Å². The van der Waals surface area contributed by atoms with Gasteiger partial charge in [-0.2, -0.15) is 0 Å². The summed E-state index contributed by atoms with van der Waals surface area (Å²) in [6.45, 7) is 8.40. The molecule has 0 spiro atoms. The SMILES string of the molecule is Cc1cc(CN2CCOCC2)cc(NCCCCCCN2C[C@H](O)[C@@H](O)[C@H](O)C2CO)c1. The van der Waals surface area contributed by atoms with Gasteiger partial charge in [-0.05, 0) is 49.6 Å². The van der Waals surface area contributed by atoms with Crippen molar-refractivity contribution in [1.29, 1.82) is 0 Å². The minimum atomic E-state index is -1.19. The fourth-order valence-corrected chi connectivity index (χ4v) is 4.73. The Balaban J connectivity index is 1.33. The van der Waals surface area contributed by atoms with Crippen LogP contribution in [-0.4, -0.2) is 107 Å². The molecule has 8 heteroatoms. The molecule has 1 aromatic rings. The van der Waals surface area contributed by atoms with Crippen molar-refractivity contribution in [2.75, 3.05) is 57.9 Å². The van der Waals surface area contributed by atoms with Gasteiger partial charge >= 0.3 is 0 Å². The number of benzene rings is 1. The number of likely N-dealkylation sites (tertiary alicyclic amines) is 1. The molecule has 5 N–H and O–H groups in total. The molecule has 2 aliphatic rings. The van der Waals surface area contributed by atoms with Gasteiger partial charge < -0.3 is 30.5 Å². The van der Waals surface area contributed by atoms with E-state index in [9.17, 15) is 20.4 Å². The first-order valence-electron chi connectivity index (χ1n) is 12.0. The lowest BCUT2D eigenvalue weighted by molar-refractivity contribution is -0.145. The maximum absolute atomic E-state index is 10.1. The topological polar surface area (TPSA) is 109 Å². The number of nitrogens with one attached hydrogen (secondary N) is 1. The van der Waals surface area contributed by atoms with Crippen molar-refractivity contribution >= 4 is 5.69 Å². The van der Waals surface area contributed by atoms with Crippen molar-refractivity contribution < 1.29 is 25.2 Å². The van der Waals surface area contributed by atoms with Gasteiger partial charge in [0, 0.05) is 38.4 Å². The molecular weight excluding hydrogens is 410 g/mol. The summed E-state index contributed by atoms with van der Waals surface area (Å²) in [4.78, 5) is 4.33. The third kappa shape index (κ3) is 7.38. The molecule has 32 heavy (non-hydrogen) atoms. The quantitative estimate of drug-likeness (QED) is 0.311. The maximum Gasteiger partial charge on any atom is 0.109 e. The highest BCUT2D eigenvalue weighted by molar-refractivity contribution is 5.48. The average molecular weight is 452 g/mol. The number of morpholine rings is 1. The Morgan fingerprint density at radius 2 is 1.75 bits per heavy atom. The van der Waals surface area contributed by atoms with Crippen LogP contribution in [0, 0.1) is 6.92 Å². The first kappa shape index (κ1) is 25.4. The standard InChI is InChI=1S/C24H41N3O5/c1-18-12-19(15-26-8-10-32-11-9-26)14-20(13-18)25-6-4-2-3-5-7-27-16-22(29)24(31)23(30)21(27)17-28/h12-14,21-25,28-31H,2-11,15-17H2,1H3/t21?,22-,23+,24+/m0/s1. The lowest BCUT2D eigenvalue weighted by atomic mass is 9.94. The molecule has 1 unspecified atom stereocenters. The molecule has 182 valence electrons. The first-order valence-corrected chi connectivity index (χ1v) is 12.0. The minimum Gasteiger partial charge on any atom is -0.395 e. The van der Waals surface area contributed by atoms with E-state index < -0.39 is 24.4 Å². The molecule has 1 aromatic carbocycles. The number of β-amino-alcohol motifs (C(OH)–C–C–N with tert-alkyl or cyclic N) is 1. The Morgan fingerprint density at radius 1 is 1.00 bits per heavy atom. The number of aliphatic hydroxyl groups is 4. The second-order valence-corrected chi connectivity index (χ2v) is 9.23. The van der Waals surface area contributed by atoms with E-state index in [4.69, 9.17) is 4.74 Å². The summed E-state index contributed by atoms with van der Waals surface area (Å²) >= 11 is 0. The summed E-state index contributed by atoms with van der Waals surface area (Å²) in [6, 6.07) is 6.19. The molecule has 2 heterocycles. The summed E-state index contributed by atoms with van der Waals surface area (Å²) < 4.78 is 5.44. The number of anilines is 1. The average Bonchev–Trinajstić information content (AvgIpc) is 2.77. The van der Waals surface area contributed by atoms with Crippen molar-refractivity contribution in [3.8, 4) is 0 Å². The fourth-order valence-electron chi connectivity index (χ4n) is 4.73. The van der Waals surface area contributed by atoms with E-state index in [0.717, 1.165) is 65.1 Å². The number of aryl methyl sites for hydroxylation is 1. The highest BCUT2D eigenvalue weighted by atomic mass is 16.5. The van der Waals surface area contributed by atoms with E-state index in [-0.39, 0.29) is 13.2 Å². The lowest BCUT2D eigenvalue weighted by Crippen LogP contribution is -2.62. The second kappa shape index (κ2) is 12.8. The van der Waals surface area contributed by atoms with E-state index in [0.29, 0.717) is 6.54 Å². The van der Waals surface area contributed by atoms with Gasteiger partial charge in [-0.3, -0.25) is 9.80 Å². The van der Waals surface area contributed by atoms with Gasteiger partial charge in [0.25, 0.3) is 0 Å². The lowest BCUT2D eigenvalue weighted by Gasteiger charge is -2.43. The van der Waals surface area contributed by atoms with Crippen LogP contribution >= 0.6 is 0 Å². The van der Waals surface area contributed by atoms with Gasteiger partial charge in [-0.25, -0.2) is 0 Å². The van der Waals surface area contributed by atoms with Crippen molar-refractivity contribution in [3.05, 3.63) is 29.3 Å². The molecule has 0 aliphatic carbocycles. The number of ether oxygens (including phenoxy) is 1. The predicted octanol–water partition coefficient (Wildman–Crippen LogP) is 0.559. The van der Waals surface area contributed by atoms with Crippen LogP contribution in [-0.2, 0) is 11.3 Å². The summed E-state index contributed by atoms with van der Waals surface area (Å²) in [6.07, 6.45) is 0.854. The molecular formula is C24H41N3O5. The molecule has 0 radical (unpaired) electrons. The van der Waals surface area contributed by atoms with Gasteiger partial charge in [-0.15, -0.1) is 0 Å². The Hall–Kier alpha value is -1.26. The van der Waals surface area contributed by atoms with Crippen LogP contribution in [0.2, 0.25) is 0 Å². The first-order chi connectivity index (χ1) is 15.5.